The molecule has 0 radical (unpaired) electrons. The van der Waals surface area contributed by atoms with Gasteiger partial charge in [-0.3, -0.25) is 0 Å². The van der Waals surface area contributed by atoms with Gasteiger partial charge in [0.25, 0.3) is 0 Å². The second kappa shape index (κ2) is 5.54. The van der Waals surface area contributed by atoms with Crippen molar-refractivity contribution >= 4 is 0 Å². The van der Waals surface area contributed by atoms with Gasteiger partial charge in [-0.15, -0.1) is 6.58 Å². The summed E-state index contributed by atoms with van der Waals surface area (Å²) in [6.07, 6.45) is 7.64. The summed E-state index contributed by atoms with van der Waals surface area (Å²) in [7, 11) is 0. The molecule has 0 spiro atoms. The van der Waals surface area contributed by atoms with Gasteiger partial charge in [-0.2, -0.15) is 0 Å². The maximum absolute atomic E-state index is 4.24. The highest BCUT2D eigenvalue weighted by molar-refractivity contribution is 4.96. The molecule has 0 bridgehead atoms. The monoisotopic (exact) mass is 179 g/mol. The molecule has 0 aliphatic heterocycles. The number of aromatic amines is 1. The molecule has 1 unspecified atom stereocenters. The molecule has 3 nitrogen and oxygen atoms in total. The lowest BCUT2D eigenvalue weighted by Crippen LogP contribution is -2.21. The third kappa shape index (κ3) is 3.03. The van der Waals surface area contributed by atoms with Gasteiger partial charge in [0, 0.05) is 12.4 Å². The smallest absolute Gasteiger partial charge is 0.123 e. The van der Waals surface area contributed by atoms with E-state index in [0.717, 1.165) is 25.2 Å². The average molecular weight is 179 g/mol. The van der Waals surface area contributed by atoms with E-state index in [-0.39, 0.29) is 0 Å². The lowest BCUT2D eigenvalue weighted by molar-refractivity contribution is 0.498. The lowest BCUT2D eigenvalue weighted by Gasteiger charge is -2.13. The average Bonchev–Trinajstić information content (AvgIpc) is 2.65. The minimum absolute atomic E-state index is 0.331. The van der Waals surface area contributed by atoms with E-state index in [1.54, 1.807) is 6.20 Å². The van der Waals surface area contributed by atoms with Crippen LogP contribution in [0.15, 0.2) is 25.0 Å². The highest BCUT2D eigenvalue weighted by atomic mass is 15.0. The molecule has 1 atom stereocenters. The third-order valence-corrected chi connectivity index (χ3v) is 1.96. The number of aromatic nitrogens is 2. The molecule has 0 aromatic carbocycles. The van der Waals surface area contributed by atoms with Gasteiger partial charge in [0.05, 0.1) is 6.04 Å². The van der Waals surface area contributed by atoms with Crippen molar-refractivity contribution in [2.45, 2.75) is 25.8 Å². The highest BCUT2D eigenvalue weighted by Crippen LogP contribution is 2.13. The number of rotatable bonds is 6. The fourth-order valence-electron chi connectivity index (χ4n) is 1.33. The van der Waals surface area contributed by atoms with Crippen LogP contribution in [0, 0.1) is 0 Å². The topological polar surface area (TPSA) is 40.7 Å². The first-order chi connectivity index (χ1) is 6.38. The molecule has 1 rings (SSSR count). The molecule has 1 heterocycles. The number of imidazole rings is 1. The van der Waals surface area contributed by atoms with Gasteiger partial charge in [0.15, 0.2) is 0 Å². The molecule has 0 aliphatic rings. The Morgan fingerprint density at radius 2 is 2.62 bits per heavy atom. The van der Waals surface area contributed by atoms with Gasteiger partial charge < -0.3 is 10.3 Å². The van der Waals surface area contributed by atoms with Crippen LogP contribution in [0.2, 0.25) is 0 Å². The van der Waals surface area contributed by atoms with Crippen molar-refractivity contribution in [2.24, 2.45) is 0 Å². The molecule has 0 saturated heterocycles. The molecule has 0 aliphatic carbocycles. The normalized spacial score (nSPS) is 12.7. The number of allylic oxidation sites excluding steroid dienone is 1. The van der Waals surface area contributed by atoms with Crippen molar-refractivity contribution in [3.63, 3.8) is 0 Å². The first-order valence-corrected chi connectivity index (χ1v) is 4.72. The fraction of sp³-hybridized carbons (Fsp3) is 0.500. The van der Waals surface area contributed by atoms with Crippen LogP contribution in [0.3, 0.4) is 0 Å². The van der Waals surface area contributed by atoms with Crippen molar-refractivity contribution in [1.29, 1.82) is 0 Å². The van der Waals surface area contributed by atoms with Gasteiger partial charge in [0.1, 0.15) is 5.82 Å². The first-order valence-electron chi connectivity index (χ1n) is 4.72. The summed E-state index contributed by atoms with van der Waals surface area (Å²) in [5.41, 5.74) is 0. The number of H-pyrrole nitrogens is 1. The molecule has 3 heteroatoms. The molecule has 1 aromatic heterocycles. The van der Waals surface area contributed by atoms with E-state index in [4.69, 9.17) is 0 Å². The van der Waals surface area contributed by atoms with E-state index in [1.165, 1.54) is 0 Å². The first kappa shape index (κ1) is 9.99. The molecule has 13 heavy (non-hydrogen) atoms. The van der Waals surface area contributed by atoms with Crippen LogP contribution < -0.4 is 5.32 Å². The van der Waals surface area contributed by atoms with Gasteiger partial charge in [-0.05, 0) is 19.4 Å². The second-order valence-electron chi connectivity index (χ2n) is 2.95. The molecular formula is C10H17N3. The minimum Gasteiger partial charge on any atom is -0.347 e. The molecule has 0 amide bonds. The fourth-order valence-corrected chi connectivity index (χ4v) is 1.33. The van der Waals surface area contributed by atoms with Crippen LogP contribution in [0.25, 0.3) is 0 Å². The SMILES string of the molecule is C=CCCC(NCC)c1ncc[nH]1. The Balaban J connectivity index is 2.51. The Bertz CT molecular complexity index is 228. The Morgan fingerprint density at radius 1 is 1.77 bits per heavy atom. The standard InChI is InChI=1S/C10H17N3/c1-3-5-6-9(11-4-2)10-12-7-8-13-10/h3,7-9,11H,1,4-6H2,2H3,(H,12,13). The largest absolute Gasteiger partial charge is 0.347 e. The lowest BCUT2D eigenvalue weighted by atomic mass is 10.1. The molecule has 2 N–H and O–H groups in total. The molecule has 72 valence electrons. The zero-order valence-electron chi connectivity index (χ0n) is 8.09. The number of hydrogen-bond acceptors (Lipinski definition) is 2. The van der Waals surface area contributed by atoms with E-state index in [2.05, 4.69) is 28.8 Å². The van der Waals surface area contributed by atoms with Gasteiger partial charge in [0.2, 0.25) is 0 Å². The maximum Gasteiger partial charge on any atom is 0.123 e. The van der Waals surface area contributed by atoms with E-state index in [1.807, 2.05) is 12.3 Å². The molecule has 1 aromatic rings. The maximum atomic E-state index is 4.24. The Kier molecular flexibility index (Phi) is 4.26. The van der Waals surface area contributed by atoms with E-state index >= 15 is 0 Å². The Labute approximate surface area is 79.3 Å². The summed E-state index contributed by atoms with van der Waals surface area (Å²) in [6.45, 7) is 6.78. The Morgan fingerprint density at radius 3 is 3.15 bits per heavy atom. The predicted octanol–water partition coefficient (Wildman–Crippen LogP) is 2.03. The van der Waals surface area contributed by atoms with Crippen molar-refractivity contribution in [3.05, 3.63) is 30.9 Å². The summed E-state index contributed by atoms with van der Waals surface area (Å²) in [5, 5.41) is 3.38. The zero-order chi connectivity index (χ0) is 9.52. The summed E-state index contributed by atoms with van der Waals surface area (Å²) in [5.74, 6) is 1.02. The summed E-state index contributed by atoms with van der Waals surface area (Å²) in [4.78, 5) is 7.36. The van der Waals surface area contributed by atoms with Crippen LogP contribution in [0.5, 0.6) is 0 Å². The zero-order valence-corrected chi connectivity index (χ0v) is 8.09. The second-order valence-corrected chi connectivity index (χ2v) is 2.95. The summed E-state index contributed by atoms with van der Waals surface area (Å²) in [6, 6.07) is 0.331. The van der Waals surface area contributed by atoms with E-state index in [9.17, 15) is 0 Å². The number of nitrogens with zero attached hydrogens (tertiary/aromatic N) is 1. The van der Waals surface area contributed by atoms with Gasteiger partial charge in [-0.1, -0.05) is 13.0 Å². The Hall–Kier alpha value is -1.09. The van der Waals surface area contributed by atoms with E-state index < -0.39 is 0 Å². The van der Waals surface area contributed by atoms with Crippen molar-refractivity contribution in [3.8, 4) is 0 Å². The third-order valence-electron chi connectivity index (χ3n) is 1.96. The van der Waals surface area contributed by atoms with Gasteiger partial charge in [-0.25, -0.2) is 4.98 Å². The molecule has 0 fully saturated rings. The van der Waals surface area contributed by atoms with Crippen molar-refractivity contribution in [2.75, 3.05) is 6.54 Å². The van der Waals surface area contributed by atoms with Crippen LogP contribution in [0.1, 0.15) is 31.6 Å². The summed E-state index contributed by atoms with van der Waals surface area (Å²) < 4.78 is 0. The van der Waals surface area contributed by atoms with Crippen molar-refractivity contribution < 1.29 is 0 Å². The van der Waals surface area contributed by atoms with Gasteiger partial charge >= 0.3 is 0 Å². The predicted molar refractivity (Wildman–Crippen MR) is 54.4 cm³/mol. The van der Waals surface area contributed by atoms with Crippen LogP contribution >= 0.6 is 0 Å². The number of nitrogens with one attached hydrogen (secondary N) is 2. The molecule has 0 saturated carbocycles. The van der Waals surface area contributed by atoms with Crippen LogP contribution in [0.4, 0.5) is 0 Å². The minimum atomic E-state index is 0.331. The van der Waals surface area contributed by atoms with Crippen molar-refractivity contribution in [1.82, 2.24) is 15.3 Å². The van der Waals surface area contributed by atoms with Crippen LogP contribution in [-0.2, 0) is 0 Å². The van der Waals surface area contributed by atoms with E-state index in [0.29, 0.717) is 6.04 Å². The van der Waals surface area contributed by atoms with Crippen LogP contribution in [-0.4, -0.2) is 16.5 Å². The summed E-state index contributed by atoms with van der Waals surface area (Å²) >= 11 is 0. The highest BCUT2D eigenvalue weighted by Gasteiger charge is 2.10. The molecular weight excluding hydrogens is 162 g/mol. The number of hydrogen-bond donors (Lipinski definition) is 2. The quantitative estimate of drug-likeness (QED) is 0.656.